The average Bonchev–Trinajstić information content (AvgIpc) is 2.92. The molecule has 0 spiro atoms. The van der Waals surface area contributed by atoms with Crippen molar-refractivity contribution < 1.29 is 29.0 Å². The van der Waals surface area contributed by atoms with Gasteiger partial charge in [0.1, 0.15) is 12.2 Å². The number of carbonyl (C=O) groups is 1. The normalized spacial score (nSPS) is 13.4. The molecule has 0 heterocycles. The molecule has 3 rings (SSSR count). The Kier molecular flexibility index (Phi) is 10.6. The van der Waals surface area contributed by atoms with Crippen LogP contribution < -0.4 is 9.47 Å². The number of ketones is 1. The third kappa shape index (κ3) is 7.87. The number of non-ortho nitro benzene ring substituents is 1. The number of carbonyl (C=O) groups excluding carboxylic acids is 1. The lowest BCUT2D eigenvalue weighted by molar-refractivity contribution is -0.384. The van der Waals surface area contributed by atoms with Crippen LogP contribution in [0.25, 0.3) is 0 Å². The van der Waals surface area contributed by atoms with Gasteiger partial charge in [0.05, 0.1) is 18.1 Å². The molecule has 1 N–H and O–H groups in total. The van der Waals surface area contributed by atoms with Crippen LogP contribution in [0.1, 0.15) is 55.1 Å². The van der Waals surface area contributed by atoms with Crippen molar-refractivity contribution in [1.82, 2.24) is 0 Å². The second kappa shape index (κ2) is 14.1. The molecule has 0 aliphatic heterocycles. The van der Waals surface area contributed by atoms with Crippen LogP contribution in [0.5, 0.6) is 11.5 Å². The van der Waals surface area contributed by atoms with Gasteiger partial charge in [-0.25, -0.2) is 0 Å². The van der Waals surface area contributed by atoms with Crippen molar-refractivity contribution in [2.75, 3.05) is 13.2 Å². The molecule has 0 bridgehead atoms. The summed E-state index contributed by atoms with van der Waals surface area (Å²) in [6.45, 7) is 4.21. The summed E-state index contributed by atoms with van der Waals surface area (Å²) in [5.74, 6) is 0.768. The van der Waals surface area contributed by atoms with Gasteiger partial charge in [-0.05, 0) is 43.2 Å². The molecule has 0 aromatic heterocycles. The van der Waals surface area contributed by atoms with Gasteiger partial charge < -0.3 is 19.3 Å². The molecule has 0 fully saturated rings. The third-order valence-corrected chi connectivity index (χ3v) is 5.82. The van der Waals surface area contributed by atoms with Crippen LogP contribution in [0.4, 0.5) is 5.69 Å². The van der Waals surface area contributed by atoms with E-state index in [9.17, 15) is 20.0 Å². The average molecular weight is 508 g/mol. The van der Waals surface area contributed by atoms with E-state index in [2.05, 4.69) is 0 Å². The maximum atomic E-state index is 13.2. The first kappa shape index (κ1) is 27.8. The van der Waals surface area contributed by atoms with Crippen molar-refractivity contribution in [3.8, 4) is 11.5 Å². The minimum Gasteiger partial charge on any atom is -0.490 e. The van der Waals surface area contributed by atoms with E-state index < -0.39 is 23.2 Å². The Bertz CT molecular complexity index is 1130. The summed E-state index contributed by atoms with van der Waals surface area (Å²) < 4.78 is 17.9. The zero-order valence-electron chi connectivity index (χ0n) is 21.1. The van der Waals surface area contributed by atoms with Crippen molar-refractivity contribution in [3.63, 3.8) is 0 Å². The Hall–Kier alpha value is -3.75. The maximum absolute atomic E-state index is 13.2. The monoisotopic (exact) mass is 507 g/mol. The predicted octanol–water partition coefficient (Wildman–Crippen LogP) is 5.93. The maximum Gasteiger partial charge on any atom is 0.269 e. The highest BCUT2D eigenvalue weighted by Gasteiger charge is 2.28. The first-order valence-corrected chi connectivity index (χ1v) is 12.5. The number of nitro benzene ring substituents is 1. The summed E-state index contributed by atoms with van der Waals surface area (Å²) >= 11 is 0. The molecule has 0 aliphatic carbocycles. The summed E-state index contributed by atoms with van der Waals surface area (Å²) in [6.07, 6.45) is -0.596. The topological polar surface area (TPSA) is 108 Å². The quantitative estimate of drug-likeness (QED) is 0.154. The fourth-order valence-corrected chi connectivity index (χ4v) is 3.89. The molecule has 0 saturated heterocycles. The van der Waals surface area contributed by atoms with Crippen LogP contribution in [0.15, 0.2) is 78.9 Å². The molecule has 0 radical (unpaired) electrons. The second-order valence-electron chi connectivity index (χ2n) is 8.53. The van der Waals surface area contributed by atoms with Crippen molar-refractivity contribution in [2.45, 2.75) is 51.4 Å². The van der Waals surface area contributed by atoms with Gasteiger partial charge >= 0.3 is 0 Å². The Morgan fingerprint density at radius 3 is 2.22 bits per heavy atom. The molecule has 3 aromatic rings. The lowest BCUT2D eigenvalue weighted by atomic mass is 10.0. The number of aliphatic hydroxyl groups is 1. The zero-order valence-corrected chi connectivity index (χ0v) is 21.1. The zero-order chi connectivity index (χ0) is 26.6. The van der Waals surface area contributed by atoms with E-state index in [1.807, 2.05) is 56.3 Å². The van der Waals surface area contributed by atoms with Gasteiger partial charge in [-0.3, -0.25) is 14.9 Å². The lowest BCUT2D eigenvalue weighted by Gasteiger charge is -2.27. The third-order valence-electron chi connectivity index (χ3n) is 5.82. The Labute approximate surface area is 217 Å². The molecule has 37 heavy (non-hydrogen) atoms. The molecule has 8 heteroatoms. The second-order valence-corrected chi connectivity index (χ2v) is 8.53. The largest absolute Gasteiger partial charge is 0.490 e. The minimum atomic E-state index is -1.09. The molecular weight excluding hydrogens is 474 g/mol. The predicted molar refractivity (Wildman–Crippen MR) is 140 cm³/mol. The highest BCUT2D eigenvalue weighted by molar-refractivity contribution is 5.99. The van der Waals surface area contributed by atoms with Gasteiger partial charge in [0, 0.05) is 17.7 Å². The Morgan fingerprint density at radius 2 is 1.59 bits per heavy atom. The number of hydrogen-bond acceptors (Lipinski definition) is 7. The molecule has 3 atom stereocenters. The van der Waals surface area contributed by atoms with Gasteiger partial charge in [-0.15, -0.1) is 0 Å². The van der Waals surface area contributed by atoms with Gasteiger partial charge in [0.25, 0.3) is 5.69 Å². The molecule has 0 saturated carbocycles. The minimum absolute atomic E-state index is 0.0896. The van der Waals surface area contributed by atoms with Crippen LogP contribution in [0.3, 0.4) is 0 Å². The van der Waals surface area contributed by atoms with Crippen molar-refractivity contribution in [2.24, 2.45) is 0 Å². The fourth-order valence-electron chi connectivity index (χ4n) is 3.89. The SMILES string of the molecule is CCCCC(OCC(O)C(Oc1ccccc1OCC)c1ccccc1)C(=O)c1ccc([N+](=O)[O-])cc1. The number of rotatable bonds is 15. The van der Waals surface area contributed by atoms with Crippen molar-refractivity contribution in [1.29, 1.82) is 0 Å². The fraction of sp³-hybridized carbons (Fsp3) is 0.345. The number of nitrogens with zero attached hydrogens (tertiary/aromatic N) is 1. The number of ether oxygens (including phenoxy) is 3. The number of benzene rings is 3. The summed E-state index contributed by atoms with van der Waals surface area (Å²) in [7, 11) is 0. The molecule has 0 amide bonds. The van der Waals surface area contributed by atoms with Crippen LogP contribution in [0, 0.1) is 10.1 Å². The van der Waals surface area contributed by atoms with E-state index in [-0.39, 0.29) is 18.1 Å². The number of hydrogen-bond donors (Lipinski definition) is 1. The van der Waals surface area contributed by atoms with Gasteiger partial charge in [-0.2, -0.15) is 0 Å². The number of para-hydroxylation sites is 2. The number of aliphatic hydroxyl groups excluding tert-OH is 1. The molecule has 8 nitrogen and oxygen atoms in total. The lowest BCUT2D eigenvalue weighted by Crippen LogP contribution is -2.33. The summed E-state index contributed by atoms with van der Waals surface area (Å²) in [4.78, 5) is 23.6. The molecule has 3 aromatic carbocycles. The van der Waals surface area contributed by atoms with Crippen LogP contribution >= 0.6 is 0 Å². The summed E-state index contributed by atoms with van der Waals surface area (Å²) in [5.41, 5.74) is 0.979. The van der Waals surface area contributed by atoms with E-state index in [1.165, 1.54) is 24.3 Å². The first-order valence-electron chi connectivity index (χ1n) is 12.5. The highest BCUT2D eigenvalue weighted by Crippen LogP contribution is 2.33. The highest BCUT2D eigenvalue weighted by atomic mass is 16.6. The van der Waals surface area contributed by atoms with Crippen LogP contribution in [-0.4, -0.2) is 41.2 Å². The van der Waals surface area contributed by atoms with Crippen LogP contribution in [-0.2, 0) is 4.74 Å². The molecule has 0 aliphatic rings. The van der Waals surface area contributed by atoms with E-state index >= 15 is 0 Å². The van der Waals surface area contributed by atoms with E-state index in [1.54, 1.807) is 12.1 Å². The van der Waals surface area contributed by atoms with E-state index in [0.29, 0.717) is 30.1 Å². The van der Waals surface area contributed by atoms with Crippen LogP contribution in [0.2, 0.25) is 0 Å². The first-order chi connectivity index (χ1) is 17.9. The number of unbranched alkanes of at least 4 members (excludes halogenated alkanes) is 1. The Morgan fingerprint density at radius 1 is 0.946 bits per heavy atom. The summed E-state index contributed by atoms with van der Waals surface area (Å²) in [6, 6.07) is 22.0. The molecule has 196 valence electrons. The van der Waals surface area contributed by atoms with Gasteiger partial charge in [0.2, 0.25) is 0 Å². The van der Waals surface area contributed by atoms with E-state index in [4.69, 9.17) is 14.2 Å². The number of nitro groups is 1. The molecular formula is C29H33NO7. The van der Waals surface area contributed by atoms with Crippen molar-refractivity contribution >= 4 is 11.5 Å². The Balaban J connectivity index is 1.78. The summed E-state index contributed by atoms with van der Waals surface area (Å²) in [5, 5.41) is 22.1. The van der Waals surface area contributed by atoms with E-state index in [0.717, 1.165) is 18.4 Å². The number of Topliss-reactive ketones (excluding diaryl/α,β-unsaturated/α-hetero) is 1. The standard InChI is InChI=1S/C29H33NO7/c1-3-5-13-27(28(32)21-16-18-23(19-17-21)30(33)34)36-20-24(31)29(22-11-7-6-8-12-22)37-26-15-10-9-14-25(26)35-4-2/h6-12,14-19,24,27,29,31H,3-5,13,20H2,1-2H3. The van der Waals surface area contributed by atoms with Gasteiger partial charge in [-0.1, -0.05) is 62.2 Å². The molecule has 3 unspecified atom stereocenters. The smallest absolute Gasteiger partial charge is 0.269 e. The van der Waals surface area contributed by atoms with Crippen molar-refractivity contribution in [3.05, 3.63) is 100 Å². The van der Waals surface area contributed by atoms with Gasteiger partial charge in [0.15, 0.2) is 23.4 Å².